The number of likely N-dealkylation sites (N-methyl/N-ethyl adjacent to an activating group) is 1. The second-order valence-corrected chi connectivity index (χ2v) is 6.90. The quantitative estimate of drug-likeness (QED) is 0.525. The smallest absolute Gasteiger partial charge is 0.317 e. The van der Waals surface area contributed by atoms with Crippen LogP contribution >= 0.6 is 0 Å². The standard InChI is InChI=1S/C17H31N3O5/c1-4-19(9-15(21)18-12(2)3)13-7-5-6-8-14(13)20(10-16(22)23)11-17(24)25/h12-14H,4-11H2,1-3H3,(H,18,21)(H,22,23)(H,24,25). The van der Waals surface area contributed by atoms with Crippen LogP contribution in [0, 0.1) is 0 Å². The van der Waals surface area contributed by atoms with E-state index in [1.807, 2.05) is 25.7 Å². The lowest BCUT2D eigenvalue weighted by atomic mass is 9.87. The van der Waals surface area contributed by atoms with Crippen LogP contribution in [0.15, 0.2) is 0 Å². The first kappa shape index (κ1) is 21.4. The summed E-state index contributed by atoms with van der Waals surface area (Å²) in [5.41, 5.74) is 0. The molecule has 1 amide bonds. The first-order valence-electron chi connectivity index (χ1n) is 8.95. The number of carbonyl (C=O) groups excluding carboxylic acids is 1. The van der Waals surface area contributed by atoms with Gasteiger partial charge in [-0.05, 0) is 33.2 Å². The molecule has 0 aliphatic heterocycles. The molecule has 1 fully saturated rings. The van der Waals surface area contributed by atoms with Crippen molar-refractivity contribution < 1.29 is 24.6 Å². The summed E-state index contributed by atoms with van der Waals surface area (Å²) in [7, 11) is 0. The van der Waals surface area contributed by atoms with E-state index in [9.17, 15) is 14.4 Å². The SMILES string of the molecule is CCN(CC(=O)NC(C)C)C1CCCCC1N(CC(=O)O)CC(=O)O. The first-order chi connectivity index (χ1) is 11.7. The average molecular weight is 357 g/mol. The van der Waals surface area contributed by atoms with Gasteiger partial charge in [0.1, 0.15) is 0 Å². The Kier molecular flexibility index (Phi) is 8.85. The number of nitrogens with zero attached hydrogens (tertiary/aromatic N) is 2. The normalized spacial score (nSPS) is 20.9. The summed E-state index contributed by atoms with van der Waals surface area (Å²) in [4.78, 5) is 38.0. The summed E-state index contributed by atoms with van der Waals surface area (Å²) in [5, 5.41) is 21.2. The van der Waals surface area contributed by atoms with E-state index in [-0.39, 0.29) is 43.7 Å². The van der Waals surface area contributed by atoms with Crippen molar-refractivity contribution in [1.82, 2.24) is 15.1 Å². The largest absolute Gasteiger partial charge is 0.480 e. The van der Waals surface area contributed by atoms with Gasteiger partial charge in [0, 0.05) is 18.1 Å². The second kappa shape index (κ2) is 10.4. The van der Waals surface area contributed by atoms with Crippen LogP contribution in [-0.2, 0) is 14.4 Å². The lowest BCUT2D eigenvalue weighted by molar-refractivity contribution is -0.144. The van der Waals surface area contributed by atoms with Gasteiger partial charge < -0.3 is 15.5 Å². The van der Waals surface area contributed by atoms with E-state index in [0.717, 1.165) is 25.7 Å². The Morgan fingerprint density at radius 3 is 1.84 bits per heavy atom. The highest BCUT2D eigenvalue weighted by Gasteiger charge is 2.35. The molecule has 1 rings (SSSR count). The van der Waals surface area contributed by atoms with Gasteiger partial charge in [0.15, 0.2) is 0 Å². The number of carboxylic acid groups (broad SMARTS) is 2. The zero-order valence-corrected chi connectivity index (χ0v) is 15.4. The molecule has 3 N–H and O–H groups in total. The third-order valence-electron chi connectivity index (χ3n) is 4.51. The van der Waals surface area contributed by atoms with E-state index in [2.05, 4.69) is 5.32 Å². The molecule has 1 saturated carbocycles. The fourth-order valence-corrected chi connectivity index (χ4v) is 3.60. The van der Waals surface area contributed by atoms with Gasteiger partial charge in [-0.2, -0.15) is 0 Å². The monoisotopic (exact) mass is 357 g/mol. The Morgan fingerprint density at radius 2 is 1.44 bits per heavy atom. The Hall–Kier alpha value is -1.67. The van der Waals surface area contributed by atoms with Crippen LogP contribution in [0.1, 0.15) is 46.5 Å². The molecule has 0 spiro atoms. The molecule has 144 valence electrons. The molecule has 2 atom stereocenters. The third kappa shape index (κ3) is 7.39. The van der Waals surface area contributed by atoms with Gasteiger partial charge >= 0.3 is 11.9 Å². The third-order valence-corrected chi connectivity index (χ3v) is 4.51. The van der Waals surface area contributed by atoms with Crippen molar-refractivity contribution in [1.29, 1.82) is 0 Å². The fourth-order valence-electron chi connectivity index (χ4n) is 3.60. The molecule has 0 radical (unpaired) electrons. The minimum Gasteiger partial charge on any atom is -0.480 e. The van der Waals surface area contributed by atoms with Crippen LogP contribution in [0.5, 0.6) is 0 Å². The maximum absolute atomic E-state index is 12.1. The van der Waals surface area contributed by atoms with Crippen LogP contribution in [0.2, 0.25) is 0 Å². The number of carboxylic acids is 2. The Morgan fingerprint density at radius 1 is 0.960 bits per heavy atom. The van der Waals surface area contributed by atoms with E-state index in [0.29, 0.717) is 6.54 Å². The van der Waals surface area contributed by atoms with Gasteiger partial charge in [-0.25, -0.2) is 0 Å². The number of carbonyl (C=O) groups is 3. The van der Waals surface area contributed by atoms with E-state index in [4.69, 9.17) is 10.2 Å². The van der Waals surface area contributed by atoms with Crippen molar-refractivity contribution in [3.63, 3.8) is 0 Å². The molecule has 8 nitrogen and oxygen atoms in total. The first-order valence-corrected chi connectivity index (χ1v) is 8.95. The fraction of sp³-hybridized carbons (Fsp3) is 0.824. The molecule has 1 aliphatic carbocycles. The van der Waals surface area contributed by atoms with Crippen LogP contribution in [0.3, 0.4) is 0 Å². The van der Waals surface area contributed by atoms with E-state index >= 15 is 0 Å². The predicted octanol–water partition coefficient (Wildman–Crippen LogP) is 0.615. The van der Waals surface area contributed by atoms with Gasteiger partial charge in [-0.15, -0.1) is 0 Å². The maximum Gasteiger partial charge on any atom is 0.317 e. The number of amides is 1. The summed E-state index contributed by atoms with van der Waals surface area (Å²) in [5.74, 6) is -2.14. The summed E-state index contributed by atoms with van der Waals surface area (Å²) in [6, 6.07) is -0.132. The molecular formula is C17H31N3O5. The summed E-state index contributed by atoms with van der Waals surface area (Å²) >= 11 is 0. The number of nitrogens with one attached hydrogen (secondary N) is 1. The van der Waals surface area contributed by atoms with E-state index < -0.39 is 11.9 Å². The topological polar surface area (TPSA) is 110 Å². The summed E-state index contributed by atoms with van der Waals surface area (Å²) in [6.45, 7) is 6.06. The van der Waals surface area contributed by atoms with Crippen molar-refractivity contribution in [3.8, 4) is 0 Å². The Balaban J connectivity index is 2.91. The molecule has 0 aromatic heterocycles. The van der Waals surface area contributed by atoms with Crippen molar-refractivity contribution in [3.05, 3.63) is 0 Å². The highest BCUT2D eigenvalue weighted by Crippen LogP contribution is 2.27. The van der Waals surface area contributed by atoms with Gasteiger partial charge in [-0.3, -0.25) is 24.2 Å². The molecule has 1 aliphatic rings. The zero-order chi connectivity index (χ0) is 19.0. The van der Waals surface area contributed by atoms with Gasteiger partial charge in [-0.1, -0.05) is 19.8 Å². The lowest BCUT2D eigenvalue weighted by Gasteiger charge is -2.43. The van der Waals surface area contributed by atoms with Crippen molar-refractivity contribution >= 4 is 17.8 Å². The molecule has 0 saturated heterocycles. The molecule has 8 heteroatoms. The molecule has 25 heavy (non-hydrogen) atoms. The van der Waals surface area contributed by atoms with E-state index in [1.54, 1.807) is 0 Å². The lowest BCUT2D eigenvalue weighted by Crippen LogP contribution is -2.57. The number of aliphatic carboxylic acids is 2. The van der Waals surface area contributed by atoms with Crippen molar-refractivity contribution in [2.75, 3.05) is 26.2 Å². The number of rotatable bonds is 10. The number of hydrogen-bond acceptors (Lipinski definition) is 5. The highest BCUT2D eigenvalue weighted by molar-refractivity contribution is 5.78. The molecule has 0 aromatic carbocycles. The van der Waals surface area contributed by atoms with Gasteiger partial charge in [0.05, 0.1) is 19.6 Å². The second-order valence-electron chi connectivity index (χ2n) is 6.90. The highest BCUT2D eigenvalue weighted by atomic mass is 16.4. The zero-order valence-electron chi connectivity index (χ0n) is 15.4. The summed E-state index contributed by atoms with van der Waals surface area (Å²) < 4.78 is 0. The van der Waals surface area contributed by atoms with Crippen molar-refractivity contribution in [2.45, 2.75) is 64.6 Å². The minimum absolute atomic E-state index is 0.0182. The molecule has 0 heterocycles. The van der Waals surface area contributed by atoms with E-state index in [1.165, 1.54) is 4.90 Å². The average Bonchev–Trinajstić information content (AvgIpc) is 2.50. The van der Waals surface area contributed by atoms with Gasteiger partial charge in [0.25, 0.3) is 0 Å². The predicted molar refractivity (Wildman–Crippen MR) is 93.4 cm³/mol. The minimum atomic E-state index is -1.04. The van der Waals surface area contributed by atoms with Crippen LogP contribution < -0.4 is 5.32 Å². The Bertz CT molecular complexity index is 453. The molecule has 0 aromatic rings. The van der Waals surface area contributed by atoms with Crippen LogP contribution in [0.4, 0.5) is 0 Å². The Labute approximate surface area is 149 Å². The van der Waals surface area contributed by atoms with Gasteiger partial charge in [0.2, 0.25) is 5.91 Å². The van der Waals surface area contributed by atoms with Crippen LogP contribution in [0.25, 0.3) is 0 Å². The molecule has 2 unspecified atom stereocenters. The molecule has 0 bridgehead atoms. The summed E-state index contributed by atoms with van der Waals surface area (Å²) in [6.07, 6.45) is 3.51. The van der Waals surface area contributed by atoms with Crippen molar-refractivity contribution in [2.24, 2.45) is 0 Å². The molecular weight excluding hydrogens is 326 g/mol. The maximum atomic E-state index is 12.1. The number of hydrogen-bond donors (Lipinski definition) is 3. The van der Waals surface area contributed by atoms with Crippen LogP contribution in [-0.4, -0.2) is 82.2 Å².